The maximum atomic E-state index is 13.1. The summed E-state index contributed by atoms with van der Waals surface area (Å²) in [5.41, 5.74) is 4.83. The Bertz CT molecular complexity index is 1300. The van der Waals surface area contributed by atoms with E-state index in [1.54, 1.807) is 4.68 Å². The summed E-state index contributed by atoms with van der Waals surface area (Å²) >= 11 is 0. The van der Waals surface area contributed by atoms with Gasteiger partial charge in [-0.1, -0.05) is 60.2 Å². The molecule has 0 unspecified atom stereocenters. The van der Waals surface area contributed by atoms with Crippen molar-refractivity contribution >= 4 is 5.91 Å². The van der Waals surface area contributed by atoms with Gasteiger partial charge in [0.05, 0.1) is 11.4 Å². The van der Waals surface area contributed by atoms with E-state index in [0.717, 1.165) is 28.1 Å². The van der Waals surface area contributed by atoms with Gasteiger partial charge in [0.15, 0.2) is 0 Å². The first-order valence-electron chi connectivity index (χ1n) is 10.4. The van der Waals surface area contributed by atoms with Gasteiger partial charge in [-0.3, -0.25) is 14.2 Å². The molecular formula is C25H25N5O2. The lowest BCUT2D eigenvalue weighted by Crippen LogP contribution is -2.34. The number of carbonyl (C=O) groups excluding carboxylic acids is 1. The van der Waals surface area contributed by atoms with E-state index in [4.69, 9.17) is 4.98 Å². The fourth-order valence-corrected chi connectivity index (χ4v) is 3.50. The van der Waals surface area contributed by atoms with Crippen molar-refractivity contribution in [1.29, 1.82) is 0 Å². The number of benzene rings is 2. The van der Waals surface area contributed by atoms with Crippen molar-refractivity contribution in [2.45, 2.75) is 33.9 Å². The Morgan fingerprint density at radius 3 is 2.34 bits per heavy atom. The van der Waals surface area contributed by atoms with Crippen molar-refractivity contribution in [1.82, 2.24) is 24.6 Å². The van der Waals surface area contributed by atoms with E-state index in [2.05, 4.69) is 10.4 Å². The summed E-state index contributed by atoms with van der Waals surface area (Å²) in [5, 5.41) is 7.37. The summed E-state index contributed by atoms with van der Waals surface area (Å²) in [4.78, 5) is 30.5. The van der Waals surface area contributed by atoms with E-state index in [0.29, 0.717) is 18.2 Å². The van der Waals surface area contributed by atoms with E-state index >= 15 is 0 Å². The van der Waals surface area contributed by atoms with E-state index in [1.807, 2.05) is 81.4 Å². The second-order valence-electron chi connectivity index (χ2n) is 7.83. The zero-order valence-electron chi connectivity index (χ0n) is 18.4. The number of amides is 1. The van der Waals surface area contributed by atoms with Gasteiger partial charge in [-0.15, -0.1) is 0 Å². The highest BCUT2D eigenvalue weighted by atomic mass is 16.2. The summed E-state index contributed by atoms with van der Waals surface area (Å²) in [5.74, 6) is 0.0390. The second-order valence-corrected chi connectivity index (χ2v) is 7.83. The molecule has 0 aliphatic heterocycles. The Morgan fingerprint density at radius 1 is 0.969 bits per heavy atom. The highest BCUT2D eigenvalue weighted by Gasteiger charge is 2.17. The first kappa shape index (κ1) is 21.2. The van der Waals surface area contributed by atoms with Crippen LogP contribution >= 0.6 is 0 Å². The molecular weight excluding hydrogens is 402 g/mol. The smallest absolute Gasteiger partial charge is 0.256 e. The molecule has 0 aliphatic rings. The van der Waals surface area contributed by atoms with Gasteiger partial charge in [0, 0.05) is 23.9 Å². The SMILES string of the molecule is Cc1ccc(CNC(=O)Cn2c(-n3nc(C)cc3C)nc(-c3ccccc3)cc2=O)cc1. The molecule has 4 rings (SSSR count). The Labute approximate surface area is 186 Å². The van der Waals surface area contributed by atoms with Crippen LogP contribution in [0.4, 0.5) is 0 Å². The Kier molecular flexibility index (Phi) is 5.98. The number of hydrogen-bond acceptors (Lipinski definition) is 4. The lowest BCUT2D eigenvalue weighted by molar-refractivity contribution is -0.121. The Balaban J connectivity index is 1.67. The molecule has 0 fully saturated rings. The Hall–Kier alpha value is -4.00. The zero-order valence-corrected chi connectivity index (χ0v) is 18.4. The lowest BCUT2D eigenvalue weighted by Gasteiger charge is -2.15. The van der Waals surface area contributed by atoms with E-state index in [-0.39, 0.29) is 18.0 Å². The normalized spacial score (nSPS) is 10.8. The van der Waals surface area contributed by atoms with Crippen LogP contribution in [0, 0.1) is 20.8 Å². The van der Waals surface area contributed by atoms with Crippen LogP contribution in [0.1, 0.15) is 22.5 Å². The van der Waals surface area contributed by atoms with Gasteiger partial charge >= 0.3 is 0 Å². The van der Waals surface area contributed by atoms with Crippen LogP contribution in [0.25, 0.3) is 17.2 Å². The number of aromatic nitrogens is 4. The molecule has 2 aromatic carbocycles. The predicted molar refractivity (Wildman–Crippen MR) is 124 cm³/mol. The maximum absolute atomic E-state index is 13.1. The molecule has 0 bridgehead atoms. The lowest BCUT2D eigenvalue weighted by atomic mass is 10.1. The minimum Gasteiger partial charge on any atom is -0.350 e. The summed E-state index contributed by atoms with van der Waals surface area (Å²) < 4.78 is 2.97. The van der Waals surface area contributed by atoms with Gasteiger partial charge in [-0.05, 0) is 32.4 Å². The van der Waals surface area contributed by atoms with Crippen LogP contribution < -0.4 is 10.9 Å². The fourth-order valence-electron chi connectivity index (χ4n) is 3.50. The quantitative estimate of drug-likeness (QED) is 0.512. The Morgan fingerprint density at radius 2 is 1.69 bits per heavy atom. The molecule has 0 atom stereocenters. The van der Waals surface area contributed by atoms with Crippen LogP contribution in [0.2, 0.25) is 0 Å². The summed E-state index contributed by atoms with van der Waals surface area (Å²) in [6.07, 6.45) is 0. The van der Waals surface area contributed by atoms with Crippen molar-refractivity contribution in [2.24, 2.45) is 0 Å². The summed E-state index contributed by atoms with van der Waals surface area (Å²) in [6.45, 7) is 6.02. The molecule has 7 nitrogen and oxygen atoms in total. The molecule has 2 aromatic heterocycles. The molecule has 4 aromatic rings. The van der Waals surface area contributed by atoms with E-state index in [9.17, 15) is 9.59 Å². The number of nitrogens with zero attached hydrogens (tertiary/aromatic N) is 4. The third-order valence-corrected chi connectivity index (χ3v) is 5.17. The molecule has 2 heterocycles. The van der Waals surface area contributed by atoms with Gasteiger partial charge in [0.25, 0.3) is 5.56 Å². The van der Waals surface area contributed by atoms with E-state index in [1.165, 1.54) is 10.6 Å². The van der Waals surface area contributed by atoms with Gasteiger partial charge in [-0.2, -0.15) is 5.10 Å². The number of aryl methyl sites for hydroxylation is 3. The zero-order chi connectivity index (χ0) is 22.7. The monoisotopic (exact) mass is 427 g/mol. The van der Waals surface area contributed by atoms with Crippen LogP contribution in [0.3, 0.4) is 0 Å². The van der Waals surface area contributed by atoms with Crippen molar-refractivity contribution in [2.75, 3.05) is 0 Å². The summed E-state index contributed by atoms with van der Waals surface area (Å²) in [6, 6.07) is 20.8. The maximum Gasteiger partial charge on any atom is 0.256 e. The fraction of sp³-hybridized carbons (Fsp3) is 0.200. The number of hydrogen-bond donors (Lipinski definition) is 1. The third kappa shape index (κ3) is 4.67. The minimum atomic E-state index is -0.313. The van der Waals surface area contributed by atoms with Crippen LogP contribution in [0.5, 0.6) is 0 Å². The number of nitrogens with one attached hydrogen (secondary N) is 1. The first-order chi connectivity index (χ1) is 15.4. The second kappa shape index (κ2) is 9.01. The van der Waals surface area contributed by atoms with Crippen LogP contribution in [0.15, 0.2) is 71.5 Å². The highest BCUT2D eigenvalue weighted by molar-refractivity contribution is 5.76. The molecule has 0 saturated heterocycles. The first-order valence-corrected chi connectivity index (χ1v) is 10.4. The highest BCUT2D eigenvalue weighted by Crippen LogP contribution is 2.17. The molecule has 0 saturated carbocycles. The third-order valence-electron chi connectivity index (χ3n) is 5.17. The molecule has 0 spiro atoms. The molecule has 0 radical (unpaired) electrons. The van der Waals surface area contributed by atoms with E-state index < -0.39 is 0 Å². The van der Waals surface area contributed by atoms with Crippen molar-refractivity contribution in [3.05, 3.63) is 99.6 Å². The van der Waals surface area contributed by atoms with Crippen molar-refractivity contribution < 1.29 is 4.79 Å². The number of rotatable bonds is 6. The molecule has 32 heavy (non-hydrogen) atoms. The largest absolute Gasteiger partial charge is 0.350 e. The molecule has 1 N–H and O–H groups in total. The average Bonchev–Trinajstić information content (AvgIpc) is 3.13. The molecule has 162 valence electrons. The van der Waals surface area contributed by atoms with Crippen molar-refractivity contribution in [3.63, 3.8) is 0 Å². The van der Waals surface area contributed by atoms with Gasteiger partial charge in [-0.25, -0.2) is 9.67 Å². The van der Waals surface area contributed by atoms with Gasteiger partial charge < -0.3 is 5.32 Å². The molecule has 7 heteroatoms. The van der Waals surface area contributed by atoms with Crippen LogP contribution in [-0.2, 0) is 17.9 Å². The average molecular weight is 428 g/mol. The minimum absolute atomic E-state index is 0.152. The number of carbonyl (C=O) groups is 1. The molecule has 1 amide bonds. The van der Waals surface area contributed by atoms with Gasteiger partial charge in [0.2, 0.25) is 11.9 Å². The standard InChI is InChI=1S/C25H25N5O2/c1-17-9-11-20(12-10-17)15-26-23(31)16-29-24(32)14-22(21-7-5-4-6-8-21)27-25(29)30-19(3)13-18(2)28-30/h4-14H,15-16H2,1-3H3,(H,26,31). The molecule has 0 aliphatic carbocycles. The topological polar surface area (TPSA) is 81.8 Å². The predicted octanol–water partition coefficient (Wildman–Crippen LogP) is 3.34. The van der Waals surface area contributed by atoms with Crippen LogP contribution in [-0.4, -0.2) is 25.2 Å². The van der Waals surface area contributed by atoms with Crippen molar-refractivity contribution in [3.8, 4) is 17.2 Å². The van der Waals surface area contributed by atoms with Gasteiger partial charge in [0.1, 0.15) is 6.54 Å². The summed E-state index contributed by atoms with van der Waals surface area (Å²) in [7, 11) is 0.